The van der Waals surface area contributed by atoms with Crippen LogP contribution in [0.1, 0.15) is 61.9 Å². The lowest BCUT2D eigenvalue weighted by Crippen LogP contribution is -2.43. The molecule has 1 heterocycles. The number of benzene rings is 2. The predicted molar refractivity (Wildman–Crippen MR) is 129 cm³/mol. The van der Waals surface area contributed by atoms with Crippen LogP contribution in [-0.2, 0) is 11.3 Å². The number of Topliss-reactive ketones (excluding diaryl/α,β-unsaturated/α-hetero) is 1. The number of hydrogen-bond acceptors (Lipinski definition) is 5. The number of aromatic nitrogens is 1. The van der Waals surface area contributed by atoms with Crippen molar-refractivity contribution < 1.29 is 28.2 Å². The summed E-state index contributed by atoms with van der Waals surface area (Å²) in [5.74, 6) is -1.03. The molecule has 1 amide bonds. The fraction of sp³-hybridized carbons (Fsp3) is 0.296. The van der Waals surface area contributed by atoms with Crippen LogP contribution in [0.15, 0.2) is 48.5 Å². The molecule has 0 fully saturated rings. The molecule has 0 aliphatic rings. The number of carbonyl (C=O) groups excluding carboxylic acids is 3. The molecule has 7 nitrogen and oxygen atoms in total. The Morgan fingerprint density at radius 1 is 1.03 bits per heavy atom. The summed E-state index contributed by atoms with van der Waals surface area (Å²) >= 11 is 0. The number of methoxy groups -OCH3 is 1. The maximum absolute atomic E-state index is 13.7. The Balaban J connectivity index is 1.98. The number of hydrogen-bond donors (Lipinski definition) is 1. The highest BCUT2D eigenvalue weighted by molar-refractivity contribution is 6.07. The van der Waals surface area contributed by atoms with Gasteiger partial charge in [-0.05, 0) is 75.2 Å². The molecule has 0 aliphatic heterocycles. The highest BCUT2D eigenvalue weighted by Crippen LogP contribution is 2.24. The van der Waals surface area contributed by atoms with Gasteiger partial charge in [-0.25, -0.2) is 9.18 Å². The van der Waals surface area contributed by atoms with E-state index < -0.39 is 17.8 Å². The average molecular weight is 481 g/mol. The van der Waals surface area contributed by atoms with Gasteiger partial charge in [0.25, 0.3) is 5.91 Å². The van der Waals surface area contributed by atoms with Gasteiger partial charge in [0.15, 0.2) is 5.78 Å². The fourth-order valence-corrected chi connectivity index (χ4v) is 3.95. The van der Waals surface area contributed by atoms with E-state index in [1.807, 2.05) is 0 Å². The van der Waals surface area contributed by atoms with Crippen LogP contribution >= 0.6 is 0 Å². The van der Waals surface area contributed by atoms with E-state index in [0.29, 0.717) is 33.7 Å². The number of rotatable bonds is 9. The molecule has 184 valence electrons. The summed E-state index contributed by atoms with van der Waals surface area (Å²) in [4.78, 5) is 43.9. The first-order valence-corrected chi connectivity index (χ1v) is 11.3. The second-order valence-electron chi connectivity index (χ2n) is 8.17. The number of aromatic amines is 1. The average Bonchev–Trinajstić information content (AvgIpc) is 3.16. The van der Waals surface area contributed by atoms with Crippen molar-refractivity contribution in [1.29, 1.82) is 0 Å². The van der Waals surface area contributed by atoms with Crippen molar-refractivity contribution in [2.75, 3.05) is 13.7 Å². The summed E-state index contributed by atoms with van der Waals surface area (Å²) in [5.41, 5.74) is 2.58. The highest BCUT2D eigenvalue weighted by Gasteiger charge is 2.32. The molecule has 0 saturated carbocycles. The summed E-state index contributed by atoms with van der Waals surface area (Å²) in [7, 11) is 1.53. The Kier molecular flexibility index (Phi) is 8.06. The first-order valence-electron chi connectivity index (χ1n) is 11.3. The van der Waals surface area contributed by atoms with Crippen LogP contribution in [-0.4, -0.2) is 47.3 Å². The normalized spacial score (nSPS) is 11.6. The smallest absolute Gasteiger partial charge is 0.355 e. The largest absolute Gasteiger partial charge is 0.497 e. The van der Waals surface area contributed by atoms with Crippen LogP contribution in [0, 0.1) is 19.7 Å². The molecule has 35 heavy (non-hydrogen) atoms. The van der Waals surface area contributed by atoms with Gasteiger partial charge in [-0.1, -0.05) is 12.1 Å². The molecule has 1 N–H and O–H groups in total. The van der Waals surface area contributed by atoms with Crippen LogP contribution in [0.25, 0.3) is 0 Å². The van der Waals surface area contributed by atoms with Crippen molar-refractivity contribution >= 4 is 17.7 Å². The molecule has 3 aromatic rings. The fourth-order valence-electron chi connectivity index (χ4n) is 3.95. The monoisotopic (exact) mass is 480 g/mol. The maximum atomic E-state index is 13.7. The number of H-pyrrole nitrogens is 1. The summed E-state index contributed by atoms with van der Waals surface area (Å²) in [6, 6.07) is 11.5. The summed E-state index contributed by atoms with van der Waals surface area (Å²) in [5, 5.41) is 0. The lowest BCUT2D eigenvalue weighted by atomic mass is 9.98. The first kappa shape index (κ1) is 25.7. The number of nitrogens with zero attached hydrogens (tertiary/aromatic N) is 1. The Bertz CT molecular complexity index is 1220. The topological polar surface area (TPSA) is 88.7 Å². The molecule has 0 spiro atoms. The molecule has 0 unspecified atom stereocenters. The second-order valence-corrected chi connectivity index (χ2v) is 8.17. The lowest BCUT2D eigenvalue weighted by Gasteiger charge is -2.29. The third-order valence-corrected chi connectivity index (χ3v) is 5.87. The predicted octanol–water partition coefficient (Wildman–Crippen LogP) is 4.87. The van der Waals surface area contributed by atoms with E-state index in [1.165, 1.54) is 24.1 Å². The van der Waals surface area contributed by atoms with Crippen LogP contribution in [0.5, 0.6) is 5.75 Å². The molecule has 0 radical (unpaired) electrons. The van der Waals surface area contributed by atoms with Crippen molar-refractivity contribution in [3.05, 3.63) is 88.0 Å². The summed E-state index contributed by atoms with van der Waals surface area (Å²) in [6.07, 6.45) is 0. The van der Waals surface area contributed by atoms with E-state index in [4.69, 9.17) is 9.47 Å². The van der Waals surface area contributed by atoms with Crippen LogP contribution in [0.4, 0.5) is 4.39 Å². The van der Waals surface area contributed by atoms with Crippen molar-refractivity contribution in [1.82, 2.24) is 9.88 Å². The molecule has 1 aromatic heterocycles. The van der Waals surface area contributed by atoms with Crippen molar-refractivity contribution in [2.45, 2.75) is 40.3 Å². The van der Waals surface area contributed by atoms with Gasteiger partial charge in [0.05, 0.1) is 19.8 Å². The number of esters is 1. The third kappa shape index (κ3) is 5.59. The van der Waals surface area contributed by atoms with E-state index in [1.54, 1.807) is 64.1 Å². The molecule has 3 rings (SSSR count). The number of nitrogens with one attached hydrogen (secondary N) is 1. The Morgan fingerprint density at radius 2 is 1.66 bits per heavy atom. The first-order chi connectivity index (χ1) is 16.7. The van der Waals surface area contributed by atoms with Gasteiger partial charge in [0, 0.05) is 23.4 Å². The Hall–Kier alpha value is -3.94. The standard InChI is InChI=1S/C27H29FN2O5/c1-6-35-27(33)24-16(2)23(17(3)29-24)25(31)18(4)30(15-19-7-11-21(28)12-8-19)26(32)20-9-13-22(34-5)14-10-20/h7-14,18,29H,6,15H2,1-5H3/t18-/m0/s1. The number of ether oxygens (including phenoxy) is 2. The number of carbonyl (C=O) groups is 3. The summed E-state index contributed by atoms with van der Waals surface area (Å²) in [6.45, 7) is 7.01. The molecule has 2 aromatic carbocycles. The second kappa shape index (κ2) is 11.0. The van der Waals surface area contributed by atoms with E-state index >= 15 is 0 Å². The van der Waals surface area contributed by atoms with Gasteiger partial charge in [0.1, 0.15) is 17.3 Å². The quantitative estimate of drug-likeness (QED) is 0.349. The molecule has 1 atom stereocenters. The Morgan fingerprint density at radius 3 is 2.23 bits per heavy atom. The van der Waals surface area contributed by atoms with Gasteiger partial charge < -0.3 is 19.4 Å². The minimum atomic E-state index is -0.877. The molecular formula is C27H29FN2O5. The highest BCUT2D eigenvalue weighted by atomic mass is 19.1. The van der Waals surface area contributed by atoms with Crippen molar-refractivity contribution in [2.24, 2.45) is 0 Å². The van der Waals surface area contributed by atoms with Crippen LogP contribution in [0.3, 0.4) is 0 Å². The molecular weight excluding hydrogens is 451 g/mol. The minimum Gasteiger partial charge on any atom is -0.497 e. The number of aryl methyl sites for hydroxylation is 1. The lowest BCUT2D eigenvalue weighted by molar-refractivity contribution is 0.0518. The molecule has 0 aliphatic carbocycles. The van der Waals surface area contributed by atoms with Gasteiger partial charge in [0.2, 0.25) is 0 Å². The summed E-state index contributed by atoms with van der Waals surface area (Å²) < 4.78 is 23.7. The van der Waals surface area contributed by atoms with E-state index in [9.17, 15) is 18.8 Å². The van der Waals surface area contributed by atoms with Crippen molar-refractivity contribution in [3.8, 4) is 5.75 Å². The van der Waals surface area contributed by atoms with E-state index in [2.05, 4.69) is 4.98 Å². The zero-order valence-corrected chi connectivity index (χ0v) is 20.5. The zero-order chi connectivity index (χ0) is 25.7. The van der Waals surface area contributed by atoms with E-state index in [0.717, 1.165) is 0 Å². The number of halogens is 1. The Labute approximate surface area is 203 Å². The molecule has 0 bridgehead atoms. The number of amides is 1. The van der Waals surface area contributed by atoms with Crippen molar-refractivity contribution in [3.63, 3.8) is 0 Å². The number of ketones is 1. The minimum absolute atomic E-state index is 0.0886. The zero-order valence-electron chi connectivity index (χ0n) is 20.5. The van der Waals surface area contributed by atoms with Gasteiger partial charge in [-0.3, -0.25) is 9.59 Å². The van der Waals surface area contributed by atoms with Gasteiger partial charge >= 0.3 is 5.97 Å². The SMILES string of the molecule is CCOC(=O)c1[nH]c(C)c(C(=O)[C@H](C)N(Cc2ccc(F)cc2)C(=O)c2ccc(OC)cc2)c1C. The molecule has 0 saturated heterocycles. The van der Waals surface area contributed by atoms with Gasteiger partial charge in [-0.15, -0.1) is 0 Å². The van der Waals surface area contributed by atoms with Crippen LogP contribution in [0.2, 0.25) is 0 Å². The van der Waals surface area contributed by atoms with Crippen LogP contribution < -0.4 is 4.74 Å². The molecule has 8 heteroatoms. The van der Waals surface area contributed by atoms with Gasteiger partial charge in [-0.2, -0.15) is 0 Å². The van der Waals surface area contributed by atoms with E-state index in [-0.39, 0.29) is 30.5 Å². The third-order valence-electron chi connectivity index (χ3n) is 5.87. The maximum Gasteiger partial charge on any atom is 0.355 e.